The van der Waals surface area contributed by atoms with Crippen molar-refractivity contribution in [1.82, 2.24) is 19.9 Å². The molecule has 28 heavy (non-hydrogen) atoms. The molecule has 0 radical (unpaired) electrons. The first-order valence-electron chi connectivity index (χ1n) is 9.08. The highest BCUT2D eigenvalue weighted by atomic mass is 32.2. The highest BCUT2D eigenvalue weighted by molar-refractivity contribution is 7.90. The van der Waals surface area contributed by atoms with Gasteiger partial charge in [0.15, 0.2) is 0 Å². The zero-order chi connectivity index (χ0) is 20.5. The molecule has 9 heteroatoms. The highest BCUT2D eigenvalue weighted by Gasteiger charge is 2.39. The summed E-state index contributed by atoms with van der Waals surface area (Å²) in [5, 5.41) is 7.18. The average Bonchev–Trinajstić information content (AvgIpc) is 3.07. The minimum atomic E-state index is -4.06. The van der Waals surface area contributed by atoms with Gasteiger partial charge in [-0.1, -0.05) is 12.1 Å². The smallest absolute Gasteiger partial charge is 0.267 e. The van der Waals surface area contributed by atoms with E-state index >= 15 is 0 Å². The molecule has 2 aromatic rings. The van der Waals surface area contributed by atoms with Gasteiger partial charge in [0.1, 0.15) is 0 Å². The minimum Gasteiger partial charge on any atom is -0.355 e. The number of sulfonamides is 1. The zero-order valence-electron chi connectivity index (χ0n) is 16.1. The Kier molecular flexibility index (Phi) is 5.66. The zero-order valence-corrected chi connectivity index (χ0v) is 16.9. The van der Waals surface area contributed by atoms with Crippen molar-refractivity contribution in [3.8, 4) is 0 Å². The molecule has 0 bridgehead atoms. The predicted octanol–water partition coefficient (Wildman–Crippen LogP) is 0.947. The maximum Gasteiger partial charge on any atom is 0.267 e. The molecule has 2 amide bonds. The van der Waals surface area contributed by atoms with Crippen LogP contribution in [-0.4, -0.2) is 54.7 Å². The quantitative estimate of drug-likeness (QED) is 0.768. The largest absolute Gasteiger partial charge is 0.355 e. The summed E-state index contributed by atoms with van der Waals surface area (Å²) in [5.41, 5.74) is 0.730. The lowest BCUT2D eigenvalue weighted by atomic mass is 10.1. The maximum absolute atomic E-state index is 13.5. The fourth-order valence-corrected chi connectivity index (χ4v) is 5.60. The first-order chi connectivity index (χ1) is 13.2. The molecular formula is C19H24N4O4S. The summed E-state index contributed by atoms with van der Waals surface area (Å²) in [7, 11) is -4.06. The SMILES string of the molecule is CC(=O)NC[C@H]1C[C@@H](N(C(C)=O)S(=O)(=O)c2cccc3cncc(C)c23)CN1. The van der Waals surface area contributed by atoms with Crippen molar-refractivity contribution in [2.45, 2.75) is 44.2 Å². The molecule has 1 fully saturated rings. The monoisotopic (exact) mass is 404 g/mol. The second-order valence-corrected chi connectivity index (χ2v) is 8.85. The van der Waals surface area contributed by atoms with Gasteiger partial charge in [0.05, 0.1) is 10.9 Å². The predicted molar refractivity (Wildman–Crippen MR) is 105 cm³/mol. The summed E-state index contributed by atoms with van der Waals surface area (Å²) in [5.74, 6) is -0.683. The molecule has 3 rings (SSSR count). The minimum absolute atomic E-state index is 0.0931. The van der Waals surface area contributed by atoms with E-state index in [4.69, 9.17) is 0 Å². The van der Waals surface area contributed by atoms with Gasteiger partial charge < -0.3 is 10.6 Å². The van der Waals surface area contributed by atoms with Crippen molar-refractivity contribution in [3.05, 3.63) is 36.2 Å². The van der Waals surface area contributed by atoms with Crippen LogP contribution in [0.5, 0.6) is 0 Å². The molecule has 8 nitrogen and oxygen atoms in total. The molecule has 1 aliphatic heterocycles. The van der Waals surface area contributed by atoms with Gasteiger partial charge in [-0.15, -0.1) is 0 Å². The number of hydrogen-bond donors (Lipinski definition) is 2. The van der Waals surface area contributed by atoms with Gasteiger partial charge in [0.2, 0.25) is 11.8 Å². The van der Waals surface area contributed by atoms with E-state index in [2.05, 4.69) is 15.6 Å². The van der Waals surface area contributed by atoms with Crippen LogP contribution in [0.1, 0.15) is 25.8 Å². The van der Waals surface area contributed by atoms with Crippen LogP contribution in [0.4, 0.5) is 0 Å². The first kappa shape index (κ1) is 20.2. The number of rotatable bonds is 5. The summed E-state index contributed by atoms with van der Waals surface area (Å²) in [6.07, 6.45) is 3.66. The van der Waals surface area contributed by atoms with Gasteiger partial charge in [-0.2, -0.15) is 0 Å². The number of hydrogen-bond acceptors (Lipinski definition) is 6. The van der Waals surface area contributed by atoms with Crippen LogP contribution in [0.2, 0.25) is 0 Å². The Morgan fingerprint density at radius 3 is 2.71 bits per heavy atom. The van der Waals surface area contributed by atoms with Crippen LogP contribution in [-0.2, 0) is 19.6 Å². The van der Waals surface area contributed by atoms with Crippen molar-refractivity contribution in [3.63, 3.8) is 0 Å². The van der Waals surface area contributed by atoms with Crippen LogP contribution in [0, 0.1) is 6.92 Å². The Hall–Kier alpha value is -2.52. The van der Waals surface area contributed by atoms with E-state index in [1.165, 1.54) is 19.9 Å². The molecule has 1 aromatic carbocycles. The van der Waals surface area contributed by atoms with E-state index < -0.39 is 22.0 Å². The van der Waals surface area contributed by atoms with Crippen molar-refractivity contribution in [1.29, 1.82) is 0 Å². The first-order valence-corrected chi connectivity index (χ1v) is 10.5. The fraction of sp³-hybridized carbons (Fsp3) is 0.421. The molecule has 0 saturated carbocycles. The highest BCUT2D eigenvalue weighted by Crippen LogP contribution is 2.30. The number of nitrogens with zero attached hydrogens (tertiary/aromatic N) is 2. The Bertz CT molecular complexity index is 1020. The third-order valence-electron chi connectivity index (χ3n) is 4.91. The second kappa shape index (κ2) is 7.84. The molecule has 2 atom stereocenters. The molecule has 150 valence electrons. The summed E-state index contributed by atoms with van der Waals surface area (Å²) < 4.78 is 27.9. The Balaban J connectivity index is 1.97. The van der Waals surface area contributed by atoms with Crippen molar-refractivity contribution < 1.29 is 18.0 Å². The average molecular weight is 404 g/mol. The lowest BCUT2D eigenvalue weighted by Crippen LogP contribution is -2.44. The summed E-state index contributed by atoms with van der Waals surface area (Å²) in [6, 6.07) is 4.37. The summed E-state index contributed by atoms with van der Waals surface area (Å²) in [4.78, 5) is 27.7. The maximum atomic E-state index is 13.5. The number of nitrogens with one attached hydrogen (secondary N) is 2. The van der Waals surface area contributed by atoms with E-state index in [9.17, 15) is 18.0 Å². The van der Waals surface area contributed by atoms with Crippen LogP contribution in [0.25, 0.3) is 10.8 Å². The van der Waals surface area contributed by atoms with Crippen LogP contribution >= 0.6 is 0 Å². The molecule has 2 heterocycles. The molecule has 1 aliphatic rings. The van der Waals surface area contributed by atoms with Crippen molar-refractivity contribution >= 4 is 32.6 Å². The van der Waals surface area contributed by atoms with E-state index in [1.54, 1.807) is 31.5 Å². The van der Waals surface area contributed by atoms with E-state index in [0.29, 0.717) is 30.3 Å². The molecule has 1 saturated heterocycles. The van der Waals surface area contributed by atoms with Crippen LogP contribution in [0.15, 0.2) is 35.5 Å². The summed E-state index contributed by atoms with van der Waals surface area (Å²) in [6.45, 7) is 5.22. The molecule has 2 N–H and O–H groups in total. The number of carbonyl (C=O) groups excluding carboxylic acids is 2. The normalized spacial score (nSPS) is 19.5. The number of aromatic nitrogens is 1. The van der Waals surface area contributed by atoms with Crippen LogP contribution in [0.3, 0.4) is 0 Å². The third kappa shape index (κ3) is 3.85. The van der Waals surface area contributed by atoms with Gasteiger partial charge in [-0.05, 0) is 25.0 Å². The lowest BCUT2D eigenvalue weighted by molar-refractivity contribution is -0.125. The number of benzene rings is 1. The van der Waals surface area contributed by atoms with Gasteiger partial charge in [-0.25, -0.2) is 12.7 Å². The number of carbonyl (C=O) groups is 2. The van der Waals surface area contributed by atoms with E-state index in [1.807, 2.05) is 0 Å². The van der Waals surface area contributed by atoms with Gasteiger partial charge >= 0.3 is 0 Å². The van der Waals surface area contributed by atoms with Crippen molar-refractivity contribution in [2.24, 2.45) is 0 Å². The number of aryl methyl sites for hydroxylation is 1. The molecule has 0 spiro atoms. The second-order valence-electron chi connectivity index (χ2n) is 7.06. The van der Waals surface area contributed by atoms with Gasteiger partial charge in [0, 0.05) is 56.1 Å². The standard InChI is InChI=1S/C19H24N4O4S/c1-12-8-20-9-15-5-4-6-18(19(12)15)28(26,27)23(14(3)25)17-7-16(22-11-17)10-21-13(2)24/h4-6,8-9,16-17,22H,7,10-11H2,1-3H3,(H,21,24)/t16-,17-/m1/s1. The van der Waals surface area contributed by atoms with Gasteiger partial charge in [0.25, 0.3) is 10.0 Å². The molecule has 0 aliphatic carbocycles. The fourth-order valence-electron chi connectivity index (χ4n) is 3.71. The number of amides is 2. The lowest BCUT2D eigenvalue weighted by Gasteiger charge is -2.27. The van der Waals surface area contributed by atoms with Gasteiger partial charge in [-0.3, -0.25) is 14.6 Å². The topological polar surface area (TPSA) is 108 Å². The van der Waals surface area contributed by atoms with E-state index in [-0.39, 0.29) is 16.8 Å². The Labute approximate surface area is 164 Å². The summed E-state index contributed by atoms with van der Waals surface area (Å²) >= 11 is 0. The Morgan fingerprint density at radius 2 is 2.04 bits per heavy atom. The molecule has 0 unspecified atom stereocenters. The van der Waals surface area contributed by atoms with Crippen molar-refractivity contribution in [2.75, 3.05) is 13.1 Å². The number of fused-ring (bicyclic) bond motifs is 1. The third-order valence-corrected chi connectivity index (χ3v) is 6.88. The molecule has 1 aromatic heterocycles. The Morgan fingerprint density at radius 1 is 1.29 bits per heavy atom. The van der Waals surface area contributed by atoms with Crippen LogP contribution < -0.4 is 10.6 Å². The molecular weight excluding hydrogens is 380 g/mol. The number of pyridine rings is 1. The van der Waals surface area contributed by atoms with E-state index in [0.717, 1.165) is 9.87 Å².